The molecule has 0 saturated carbocycles. The van der Waals surface area contributed by atoms with E-state index in [2.05, 4.69) is 4.98 Å². The van der Waals surface area contributed by atoms with Crippen LogP contribution in [-0.2, 0) is 6.54 Å². The van der Waals surface area contributed by atoms with Gasteiger partial charge in [-0.2, -0.15) is 0 Å². The van der Waals surface area contributed by atoms with Gasteiger partial charge in [-0.1, -0.05) is 18.2 Å². The summed E-state index contributed by atoms with van der Waals surface area (Å²) >= 11 is 1.54. The monoisotopic (exact) mass is 271 g/mol. The van der Waals surface area contributed by atoms with Gasteiger partial charge in [0, 0.05) is 16.5 Å². The first-order valence-corrected chi connectivity index (χ1v) is 6.82. The first kappa shape index (κ1) is 11.9. The molecule has 0 radical (unpaired) electrons. The van der Waals surface area contributed by atoms with E-state index in [4.69, 9.17) is 5.73 Å². The van der Waals surface area contributed by atoms with Crippen LogP contribution >= 0.6 is 11.3 Å². The summed E-state index contributed by atoms with van der Waals surface area (Å²) in [4.78, 5) is 16.8. The van der Waals surface area contributed by atoms with E-state index in [0.29, 0.717) is 17.7 Å². The standard InChI is InChI=1S/C14H13N3OS/c1-9-8-19-13(16-9)7-17-12(15)6-10-4-2-3-5-11(10)14(17)18/h2-6,8H,7,15H2,1H3. The number of benzene rings is 1. The van der Waals surface area contributed by atoms with Crippen molar-refractivity contribution in [2.24, 2.45) is 0 Å². The molecule has 0 aliphatic carbocycles. The Morgan fingerprint density at radius 1 is 1.37 bits per heavy atom. The van der Waals surface area contributed by atoms with Crippen LogP contribution in [0.5, 0.6) is 0 Å². The predicted octanol–water partition coefficient (Wildman–Crippen LogP) is 2.40. The van der Waals surface area contributed by atoms with Gasteiger partial charge in [-0.05, 0) is 24.4 Å². The molecule has 3 rings (SSSR count). The Morgan fingerprint density at radius 2 is 2.16 bits per heavy atom. The minimum absolute atomic E-state index is 0.0662. The molecule has 96 valence electrons. The zero-order valence-corrected chi connectivity index (χ0v) is 11.3. The summed E-state index contributed by atoms with van der Waals surface area (Å²) in [7, 11) is 0. The zero-order valence-electron chi connectivity index (χ0n) is 10.5. The van der Waals surface area contributed by atoms with E-state index < -0.39 is 0 Å². The van der Waals surface area contributed by atoms with Gasteiger partial charge in [-0.3, -0.25) is 9.36 Å². The third kappa shape index (κ3) is 2.13. The van der Waals surface area contributed by atoms with Gasteiger partial charge in [-0.15, -0.1) is 11.3 Å². The molecule has 0 aliphatic rings. The van der Waals surface area contributed by atoms with Gasteiger partial charge in [-0.25, -0.2) is 4.98 Å². The number of anilines is 1. The van der Waals surface area contributed by atoms with Gasteiger partial charge >= 0.3 is 0 Å². The van der Waals surface area contributed by atoms with Crippen LogP contribution in [0.15, 0.2) is 40.5 Å². The van der Waals surface area contributed by atoms with Gasteiger partial charge in [0.1, 0.15) is 10.8 Å². The summed E-state index contributed by atoms with van der Waals surface area (Å²) in [5, 5.41) is 4.42. The first-order valence-electron chi connectivity index (χ1n) is 5.94. The highest BCUT2D eigenvalue weighted by Gasteiger charge is 2.08. The molecule has 5 heteroatoms. The smallest absolute Gasteiger partial charge is 0.260 e. The fourth-order valence-electron chi connectivity index (χ4n) is 2.09. The molecule has 3 aromatic rings. The molecule has 0 bridgehead atoms. The van der Waals surface area contributed by atoms with E-state index in [9.17, 15) is 4.79 Å². The SMILES string of the molecule is Cc1csc(Cn2c(N)cc3ccccc3c2=O)n1. The second-order valence-electron chi connectivity index (χ2n) is 4.43. The zero-order chi connectivity index (χ0) is 13.4. The highest BCUT2D eigenvalue weighted by atomic mass is 32.1. The van der Waals surface area contributed by atoms with Crippen molar-refractivity contribution in [1.29, 1.82) is 0 Å². The van der Waals surface area contributed by atoms with Gasteiger partial charge in [0.2, 0.25) is 0 Å². The molecule has 2 aromatic heterocycles. The number of pyridine rings is 1. The average Bonchev–Trinajstić information content (AvgIpc) is 2.80. The number of thiazole rings is 1. The van der Waals surface area contributed by atoms with Crippen LogP contribution in [0.4, 0.5) is 5.82 Å². The van der Waals surface area contributed by atoms with Crippen molar-refractivity contribution in [3.8, 4) is 0 Å². The molecule has 0 unspecified atom stereocenters. The van der Waals surface area contributed by atoms with E-state index in [1.54, 1.807) is 15.9 Å². The summed E-state index contributed by atoms with van der Waals surface area (Å²) in [6, 6.07) is 9.30. The van der Waals surface area contributed by atoms with Crippen LogP contribution in [0.2, 0.25) is 0 Å². The third-order valence-electron chi connectivity index (χ3n) is 3.01. The number of nitrogens with zero attached hydrogens (tertiary/aromatic N) is 2. The van der Waals surface area contributed by atoms with Gasteiger partial charge in [0.15, 0.2) is 0 Å². The number of nitrogen functional groups attached to an aromatic ring is 1. The van der Waals surface area contributed by atoms with Crippen molar-refractivity contribution in [2.75, 3.05) is 5.73 Å². The normalized spacial score (nSPS) is 11.0. The number of rotatable bonds is 2. The molecule has 1 aromatic carbocycles. The van der Waals surface area contributed by atoms with Gasteiger partial charge in [0.25, 0.3) is 5.56 Å². The van der Waals surface area contributed by atoms with Crippen molar-refractivity contribution in [2.45, 2.75) is 13.5 Å². The number of fused-ring (bicyclic) bond motifs is 1. The van der Waals surface area contributed by atoms with Crippen LogP contribution < -0.4 is 11.3 Å². The second kappa shape index (κ2) is 4.51. The molecular formula is C14H13N3OS. The first-order chi connectivity index (χ1) is 9.15. The Bertz CT molecular complexity index is 804. The highest BCUT2D eigenvalue weighted by molar-refractivity contribution is 7.09. The minimum Gasteiger partial charge on any atom is -0.385 e. The average molecular weight is 271 g/mol. The molecular weight excluding hydrogens is 258 g/mol. The second-order valence-corrected chi connectivity index (χ2v) is 5.37. The predicted molar refractivity (Wildman–Crippen MR) is 78.6 cm³/mol. The molecule has 0 amide bonds. The summed E-state index contributed by atoms with van der Waals surface area (Å²) in [5.74, 6) is 0.469. The summed E-state index contributed by atoms with van der Waals surface area (Å²) in [5.41, 5.74) is 6.88. The number of hydrogen-bond acceptors (Lipinski definition) is 4. The number of nitrogens with two attached hydrogens (primary N) is 1. The maximum Gasteiger partial charge on any atom is 0.260 e. The Kier molecular flexibility index (Phi) is 2.83. The lowest BCUT2D eigenvalue weighted by molar-refractivity contribution is 0.772. The van der Waals surface area contributed by atoms with Crippen molar-refractivity contribution in [3.05, 3.63) is 56.8 Å². The van der Waals surface area contributed by atoms with Crippen LogP contribution in [0.3, 0.4) is 0 Å². The van der Waals surface area contributed by atoms with Crippen LogP contribution in [-0.4, -0.2) is 9.55 Å². The number of aromatic nitrogens is 2. The van der Waals surface area contributed by atoms with Crippen molar-refractivity contribution in [1.82, 2.24) is 9.55 Å². The molecule has 4 nitrogen and oxygen atoms in total. The fraction of sp³-hybridized carbons (Fsp3) is 0.143. The van der Waals surface area contributed by atoms with E-state index in [0.717, 1.165) is 16.1 Å². The summed E-state index contributed by atoms with van der Waals surface area (Å²) in [6.45, 7) is 2.36. The van der Waals surface area contributed by atoms with E-state index >= 15 is 0 Å². The summed E-state index contributed by atoms with van der Waals surface area (Å²) < 4.78 is 1.57. The lowest BCUT2D eigenvalue weighted by Gasteiger charge is -2.09. The van der Waals surface area contributed by atoms with Crippen molar-refractivity contribution < 1.29 is 0 Å². The number of aryl methyl sites for hydroxylation is 1. The molecule has 0 aliphatic heterocycles. The van der Waals surface area contributed by atoms with Crippen LogP contribution in [0.1, 0.15) is 10.7 Å². The van der Waals surface area contributed by atoms with Gasteiger partial charge < -0.3 is 5.73 Å². The van der Waals surface area contributed by atoms with Crippen LogP contribution in [0.25, 0.3) is 10.8 Å². The third-order valence-corrected chi connectivity index (χ3v) is 3.96. The molecule has 2 heterocycles. The largest absolute Gasteiger partial charge is 0.385 e. The Morgan fingerprint density at radius 3 is 2.89 bits per heavy atom. The van der Waals surface area contributed by atoms with E-state index in [1.807, 2.05) is 42.6 Å². The van der Waals surface area contributed by atoms with E-state index in [-0.39, 0.29) is 5.56 Å². The fourth-order valence-corrected chi connectivity index (χ4v) is 2.85. The molecule has 2 N–H and O–H groups in total. The Hall–Kier alpha value is -2.14. The quantitative estimate of drug-likeness (QED) is 0.778. The number of hydrogen-bond donors (Lipinski definition) is 1. The highest BCUT2D eigenvalue weighted by Crippen LogP contribution is 2.16. The minimum atomic E-state index is -0.0662. The lowest BCUT2D eigenvalue weighted by Crippen LogP contribution is -2.23. The maximum absolute atomic E-state index is 12.4. The Labute approximate surface area is 114 Å². The van der Waals surface area contributed by atoms with Crippen molar-refractivity contribution >= 4 is 27.9 Å². The Balaban J connectivity index is 2.15. The van der Waals surface area contributed by atoms with Crippen molar-refractivity contribution in [3.63, 3.8) is 0 Å². The van der Waals surface area contributed by atoms with Gasteiger partial charge in [0.05, 0.1) is 6.54 Å². The topological polar surface area (TPSA) is 60.9 Å². The van der Waals surface area contributed by atoms with Crippen LogP contribution in [0, 0.1) is 6.92 Å². The molecule has 0 fully saturated rings. The summed E-state index contributed by atoms with van der Waals surface area (Å²) in [6.07, 6.45) is 0. The van der Waals surface area contributed by atoms with E-state index in [1.165, 1.54) is 0 Å². The molecule has 0 atom stereocenters. The maximum atomic E-state index is 12.4. The molecule has 19 heavy (non-hydrogen) atoms. The lowest BCUT2D eigenvalue weighted by atomic mass is 10.1. The molecule has 0 spiro atoms. The molecule has 0 saturated heterocycles.